The number of nitrogens with zero attached hydrogens (tertiary/aromatic N) is 1. The second-order valence-electron chi connectivity index (χ2n) is 4.37. The molecule has 2 aliphatic rings. The smallest absolute Gasteiger partial charge is 0.325 e. The highest BCUT2D eigenvalue weighted by molar-refractivity contribution is 6.07. The Hall–Kier alpha value is -1.62. The number of hydrogen-bond donors (Lipinski definition) is 1. The zero-order valence-corrected chi connectivity index (χ0v) is 9.65. The second kappa shape index (κ2) is 4.33. The molecule has 17 heavy (non-hydrogen) atoms. The van der Waals surface area contributed by atoms with Crippen LogP contribution in [0.25, 0.3) is 0 Å². The number of rotatable bonds is 6. The van der Waals surface area contributed by atoms with Gasteiger partial charge in [-0.05, 0) is 12.8 Å². The normalized spacial score (nSPS) is 25.6. The van der Waals surface area contributed by atoms with Crippen molar-refractivity contribution in [2.45, 2.75) is 24.5 Å². The highest BCUT2D eigenvalue weighted by Crippen LogP contribution is 2.27. The minimum atomic E-state index is -0.893. The summed E-state index contributed by atoms with van der Waals surface area (Å²) in [6.07, 6.45) is 4.10. The molecule has 5 nitrogen and oxygen atoms in total. The van der Waals surface area contributed by atoms with E-state index in [1.807, 2.05) is 0 Å². The third-order valence-electron chi connectivity index (χ3n) is 3.02. The van der Waals surface area contributed by atoms with Crippen LogP contribution in [0.5, 0.6) is 0 Å². The van der Waals surface area contributed by atoms with Crippen LogP contribution in [-0.4, -0.2) is 41.6 Å². The van der Waals surface area contributed by atoms with Gasteiger partial charge in [0.05, 0.1) is 19.3 Å². The Kier molecular flexibility index (Phi) is 3.02. The van der Waals surface area contributed by atoms with E-state index in [1.165, 1.54) is 4.90 Å². The molecule has 2 fully saturated rings. The van der Waals surface area contributed by atoms with Gasteiger partial charge in [-0.3, -0.25) is 9.69 Å². The minimum absolute atomic E-state index is 0.00737. The Morgan fingerprint density at radius 3 is 2.47 bits per heavy atom. The van der Waals surface area contributed by atoms with Crippen LogP contribution in [0.15, 0.2) is 25.3 Å². The maximum atomic E-state index is 12.3. The summed E-state index contributed by atoms with van der Waals surface area (Å²) in [4.78, 5) is 25.3. The number of ether oxygens (including phenoxy) is 1. The molecule has 5 heteroatoms. The quantitative estimate of drug-likeness (QED) is 0.422. The van der Waals surface area contributed by atoms with Crippen molar-refractivity contribution in [3.63, 3.8) is 0 Å². The third-order valence-corrected chi connectivity index (χ3v) is 3.02. The van der Waals surface area contributed by atoms with Gasteiger partial charge in [0, 0.05) is 0 Å². The molecule has 1 unspecified atom stereocenters. The molecule has 0 saturated carbocycles. The highest BCUT2D eigenvalue weighted by Gasteiger charge is 2.50. The lowest BCUT2D eigenvalue weighted by Crippen LogP contribution is -2.46. The first-order valence-electron chi connectivity index (χ1n) is 5.60. The first-order valence-corrected chi connectivity index (χ1v) is 5.60. The number of carbonyl (C=O) groups excluding carboxylic acids is 2. The fourth-order valence-corrected chi connectivity index (χ4v) is 2.07. The van der Waals surface area contributed by atoms with Crippen LogP contribution in [0.1, 0.15) is 12.8 Å². The summed E-state index contributed by atoms with van der Waals surface area (Å²) in [7, 11) is 0. The lowest BCUT2D eigenvalue weighted by atomic mass is 9.91. The molecule has 0 aromatic rings. The molecule has 3 amide bonds. The van der Waals surface area contributed by atoms with Crippen LogP contribution < -0.4 is 5.32 Å². The Bertz CT molecular complexity index is 364. The average Bonchev–Trinajstić information content (AvgIpc) is 3.05. The van der Waals surface area contributed by atoms with Crippen molar-refractivity contribution in [1.29, 1.82) is 0 Å². The van der Waals surface area contributed by atoms with Crippen molar-refractivity contribution in [2.75, 3.05) is 13.2 Å². The van der Waals surface area contributed by atoms with Gasteiger partial charge in [-0.15, -0.1) is 13.2 Å². The summed E-state index contributed by atoms with van der Waals surface area (Å²) in [5.41, 5.74) is -0.893. The maximum Gasteiger partial charge on any atom is 0.325 e. The van der Waals surface area contributed by atoms with Gasteiger partial charge in [-0.25, -0.2) is 4.79 Å². The van der Waals surface area contributed by atoms with Crippen molar-refractivity contribution < 1.29 is 14.3 Å². The van der Waals surface area contributed by atoms with E-state index in [0.29, 0.717) is 26.0 Å². The fraction of sp³-hybridized carbons (Fsp3) is 0.500. The molecule has 2 rings (SSSR count). The summed E-state index contributed by atoms with van der Waals surface area (Å²) in [5.74, 6) is -0.210. The molecule has 92 valence electrons. The number of imide groups is 1. The van der Waals surface area contributed by atoms with Gasteiger partial charge in [-0.1, -0.05) is 12.2 Å². The predicted molar refractivity (Wildman–Crippen MR) is 62.3 cm³/mol. The summed E-state index contributed by atoms with van der Waals surface area (Å²) >= 11 is 0. The van der Waals surface area contributed by atoms with Gasteiger partial charge in [-0.2, -0.15) is 0 Å². The predicted octanol–water partition coefficient (Wildman–Crippen LogP) is 0.828. The molecular formula is C12H16N2O3. The van der Waals surface area contributed by atoms with Gasteiger partial charge in [0.2, 0.25) is 0 Å². The number of amides is 3. The molecule has 0 aromatic heterocycles. The van der Waals surface area contributed by atoms with Crippen LogP contribution in [-0.2, 0) is 9.53 Å². The monoisotopic (exact) mass is 236 g/mol. The number of urea groups is 1. The Morgan fingerprint density at radius 2 is 2.00 bits per heavy atom. The fourth-order valence-electron chi connectivity index (χ4n) is 2.07. The molecule has 1 N–H and O–H groups in total. The summed E-state index contributed by atoms with van der Waals surface area (Å²) in [6, 6.07) is -0.353. The van der Waals surface area contributed by atoms with E-state index in [-0.39, 0.29) is 18.0 Å². The molecule has 1 atom stereocenters. The van der Waals surface area contributed by atoms with Crippen molar-refractivity contribution >= 4 is 11.9 Å². The van der Waals surface area contributed by atoms with Gasteiger partial charge in [0.25, 0.3) is 5.91 Å². The van der Waals surface area contributed by atoms with E-state index >= 15 is 0 Å². The SMILES string of the molecule is C=CCC1(CC=C)NC(=O)N(CC2CO2)C1=O. The van der Waals surface area contributed by atoms with E-state index in [1.54, 1.807) is 12.2 Å². The molecule has 0 spiro atoms. The molecule has 0 aliphatic carbocycles. The van der Waals surface area contributed by atoms with E-state index in [9.17, 15) is 9.59 Å². The molecule has 2 heterocycles. The molecule has 2 aliphatic heterocycles. The Balaban J connectivity index is 2.17. The summed E-state index contributed by atoms with van der Waals surface area (Å²) < 4.78 is 5.04. The standard InChI is InChI=1S/C12H16N2O3/c1-3-5-12(6-4-2)10(15)14(11(16)13-12)7-9-8-17-9/h3-4,9H,1-2,5-8H2,(H,13,16). The van der Waals surface area contributed by atoms with Gasteiger partial charge >= 0.3 is 6.03 Å². The van der Waals surface area contributed by atoms with Gasteiger partial charge in [0.1, 0.15) is 5.54 Å². The van der Waals surface area contributed by atoms with Crippen molar-refractivity contribution in [2.24, 2.45) is 0 Å². The number of epoxide rings is 1. The maximum absolute atomic E-state index is 12.3. The summed E-state index contributed by atoms with van der Waals surface area (Å²) in [5, 5.41) is 2.74. The van der Waals surface area contributed by atoms with E-state index in [2.05, 4.69) is 18.5 Å². The lowest BCUT2D eigenvalue weighted by molar-refractivity contribution is -0.131. The molecule has 0 bridgehead atoms. The average molecular weight is 236 g/mol. The first kappa shape index (κ1) is 11.9. The van der Waals surface area contributed by atoms with E-state index in [4.69, 9.17) is 4.74 Å². The van der Waals surface area contributed by atoms with E-state index in [0.717, 1.165) is 0 Å². The molecule has 0 radical (unpaired) electrons. The van der Waals surface area contributed by atoms with Crippen LogP contribution in [0.2, 0.25) is 0 Å². The van der Waals surface area contributed by atoms with Gasteiger partial charge in [0.15, 0.2) is 0 Å². The van der Waals surface area contributed by atoms with Crippen LogP contribution >= 0.6 is 0 Å². The topological polar surface area (TPSA) is 61.9 Å². The van der Waals surface area contributed by atoms with Gasteiger partial charge < -0.3 is 10.1 Å². The Morgan fingerprint density at radius 1 is 1.41 bits per heavy atom. The second-order valence-corrected chi connectivity index (χ2v) is 4.37. The zero-order chi connectivity index (χ0) is 12.5. The van der Waals surface area contributed by atoms with Crippen LogP contribution in [0, 0.1) is 0 Å². The van der Waals surface area contributed by atoms with E-state index < -0.39 is 5.54 Å². The van der Waals surface area contributed by atoms with Crippen LogP contribution in [0.4, 0.5) is 4.79 Å². The third kappa shape index (κ3) is 2.10. The molecule has 0 aromatic carbocycles. The Labute approximate surface area is 100 Å². The number of nitrogens with one attached hydrogen (secondary N) is 1. The number of carbonyl (C=O) groups is 2. The summed E-state index contributed by atoms with van der Waals surface area (Å²) in [6.45, 7) is 8.21. The number of hydrogen-bond acceptors (Lipinski definition) is 3. The zero-order valence-electron chi connectivity index (χ0n) is 9.65. The lowest BCUT2D eigenvalue weighted by Gasteiger charge is -2.23. The first-order chi connectivity index (χ1) is 8.13. The molecular weight excluding hydrogens is 220 g/mol. The van der Waals surface area contributed by atoms with Crippen LogP contribution in [0.3, 0.4) is 0 Å². The minimum Gasteiger partial charge on any atom is -0.371 e. The highest BCUT2D eigenvalue weighted by atomic mass is 16.6. The molecule has 2 saturated heterocycles. The van der Waals surface area contributed by atoms with Crippen molar-refractivity contribution in [3.05, 3.63) is 25.3 Å². The van der Waals surface area contributed by atoms with Crippen molar-refractivity contribution in [1.82, 2.24) is 10.2 Å². The largest absolute Gasteiger partial charge is 0.371 e. The van der Waals surface area contributed by atoms with Crippen molar-refractivity contribution in [3.8, 4) is 0 Å².